The van der Waals surface area contributed by atoms with Crippen molar-refractivity contribution in [1.29, 1.82) is 0 Å². The maximum Gasteiger partial charge on any atom is 0.419 e. The third kappa shape index (κ3) is 2.98. The molecular weight excluding hydrogens is 274 g/mol. The van der Waals surface area contributed by atoms with Gasteiger partial charge >= 0.3 is 6.18 Å². The van der Waals surface area contributed by atoms with Crippen molar-refractivity contribution in [3.05, 3.63) is 23.5 Å². The van der Waals surface area contributed by atoms with Gasteiger partial charge in [0.25, 0.3) is 0 Å². The van der Waals surface area contributed by atoms with Crippen LogP contribution in [0.2, 0.25) is 0 Å². The van der Waals surface area contributed by atoms with Crippen molar-refractivity contribution in [2.75, 3.05) is 50.5 Å². The Morgan fingerprint density at radius 2 is 1.70 bits per heavy atom. The van der Waals surface area contributed by atoms with E-state index in [1.165, 1.54) is 13.1 Å². The fraction of sp³-hybridized carbons (Fsp3) is 0.538. The van der Waals surface area contributed by atoms with E-state index < -0.39 is 17.6 Å². The summed E-state index contributed by atoms with van der Waals surface area (Å²) in [5, 5.41) is 2.65. The number of nitrogens with one attached hydrogen (secondary N) is 1. The largest absolute Gasteiger partial charge is 0.419 e. The van der Waals surface area contributed by atoms with Gasteiger partial charge in [-0.15, -0.1) is 0 Å². The summed E-state index contributed by atoms with van der Waals surface area (Å²) in [5.41, 5.74) is -0.955. The molecule has 0 aromatic heterocycles. The lowest BCUT2D eigenvalue weighted by atomic mass is 10.1. The van der Waals surface area contributed by atoms with Gasteiger partial charge in [-0.1, -0.05) is 0 Å². The number of hydrogen-bond donors (Lipinski definition) is 1. The molecule has 0 spiro atoms. The molecule has 7 heteroatoms. The van der Waals surface area contributed by atoms with E-state index in [2.05, 4.69) is 10.2 Å². The quantitative estimate of drug-likeness (QED) is 0.845. The van der Waals surface area contributed by atoms with Crippen LogP contribution in [0.25, 0.3) is 0 Å². The molecule has 0 bridgehead atoms. The van der Waals surface area contributed by atoms with E-state index in [9.17, 15) is 17.6 Å². The van der Waals surface area contributed by atoms with Crippen LogP contribution in [0.3, 0.4) is 0 Å². The van der Waals surface area contributed by atoms with Gasteiger partial charge in [-0.05, 0) is 19.2 Å². The third-order valence-corrected chi connectivity index (χ3v) is 3.49. The molecule has 1 fully saturated rings. The van der Waals surface area contributed by atoms with Gasteiger partial charge in [-0.3, -0.25) is 0 Å². The van der Waals surface area contributed by atoms with Crippen LogP contribution >= 0.6 is 0 Å². The highest BCUT2D eigenvalue weighted by Crippen LogP contribution is 2.37. The number of rotatable bonds is 2. The van der Waals surface area contributed by atoms with Crippen molar-refractivity contribution < 1.29 is 17.6 Å². The smallest absolute Gasteiger partial charge is 0.388 e. The molecule has 1 aromatic carbocycles. The molecule has 0 saturated carbocycles. The van der Waals surface area contributed by atoms with Gasteiger partial charge in [-0.25, -0.2) is 4.39 Å². The molecule has 1 aliphatic heterocycles. The predicted molar refractivity (Wildman–Crippen MR) is 70.7 cm³/mol. The summed E-state index contributed by atoms with van der Waals surface area (Å²) < 4.78 is 52.8. The van der Waals surface area contributed by atoms with Crippen molar-refractivity contribution in [3.63, 3.8) is 0 Å². The summed E-state index contributed by atoms with van der Waals surface area (Å²) in [6.45, 7) is 2.42. The molecule has 3 nitrogen and oxygen atoms in total. The van der Waals surface area contributed by atoms with Crippen LogP contribution in [0.1, 0.15) is 5.56 Å². The Morgan fingerprint density at radius 3 is 2.20 bits per heavy atom. The zero-order chi connectivity index (χ0) is 14.9. The minimum Gasteiger partial charge on any atom is -0.388 e. The van der Waals surface area contributed by atoms with Gasteiger partial charge in [0, 0.05) is 38.9 Å². The molecule has 1 aromatic rings. The van der Waals surface area contributed by atoms with E-state index in [-0.39, 0.29) is 11.4 Å². The molecule has 20 heavy (non-hydrogen) atoms. The zero-order valence-corrected chi connectivity index (χ0v) is 11.4. The molecule has 0 radical (unpaired) electrons. The Bertz CT molecular complexity index is 479. The van der Waals surface area contributed by atoms with E-state index in [1.807, 2.05) is 7.05 Å². The van der Waals surface area contributed by atoms with Crippen molar-refractivity contribution in [3.8, 4) is 0 Å². The van der Waals surface area contributed by atoms with Gasteiger partial charge < -0.3 is 15.1 Å². The molecule has 0 atom stereocenters. The summed E-state index contributed by atoms with van der Waals surface area (Å²) in [5.74, 6) is -1.19. The van der Waals surface area contributed by atoms with Gasteiger partial charge in [0.15, 0.2) is 5.82 Å². The molecule has 1 heterocycles. The number of anilines is 2. The first-order valence-electron chi connectivity index (χ1n) is 6.35. The van der Waals surface area contributed by atoms with Crippen LogP contribution in [0.5, 0.6) is 0 Å². The fourth-order valence-corrected chi connectivity index (χ4v) is 2.24. The highest BCUT2D eigenvalue weighted by molar-refractivity contribution is 5.62. The third-order valence-electron chi connectivity index (χ3n) is 3.49. The van der Waals surface area contributed by atoms with Crippen LogP contribution in [-0.4, -0.2) is 45.2 Å². The number of piperazine rings is 1. The number of alkyl halides is 3. The molecule has 0 unspecified atom stereocenters. The summed E-state index contributed by atoms with van der Waals surface area (Å²) in [6, 6.07) is 2.23. The van der Waals surface area contributed by atoms with Crippen molar-refractivity contribution in [1.82, 2.24) is 4.90 Å². The van der Waals surface area contributed by atoms with E-state index in [4.69, 9.17) is 0 Å². The SMILES string of the molecule is CNc1cc(N2CCN(C)CC2)c(F)c(C(F)(F)F)c1. The van der Waals surface area contributed by atoms with Crippen LogP contribution in [0, 0.1) is 5.82 Å². The predicted octanol–water partition coefficient (Wildman–Crippen LogP) is 2.64. The van der Waals surface area contributed by atoms with Crippen LogP contribution in [-0.2, 0) is 6.18 Å². The minimum absolute atomic E-state index is 0.0114. The monoisotopic (exact) mass is 291 g/mol. The number of nitrogens with zero attached hydrogens (tertiary/aromatic N) is 2. The molecule has 112 valence electrons. The molecule has 0 amide bonds. The second kappa shape index (κ2) is 5.47. The first kappa shape index (κ1) is 14.9. The lowest BCUT2D eigenvalue weighted by Crippen LogP contribution is -2.45. The maximum atomic E-state index is 14.2. The second-order valence-corrected chi connectivity index (χ2v) is 4.89. The molecule has 0 aliphatic carbocycles. The minimum atomic E-state index is -4.70. The summed E-state index contributed by atoms with van der Waals surface area (Å²) >= 11 is 0. The van der Waals surface area contributed by atoms with Gasteiger partial charge in [0.2, 0.25) is 0 Å². The molecule has 1 aliphatic rings. The lowest BCUT2D eigenvalue weighted by Gasteiger charge is -2.34. The summed E-state index contributed by atoms with van der Waals surface area (Å²) in [6.07, 6.45) is -4.70. The summed E-state index contributed by atoms with van der Waals surface area (Å²) in [7, 11) is 3.44. The van der Waals surface area contributed by atoms with E-state index >= 15 is 0 Å². The van der Waals surface area contributed by atoms with Crippen LogP contribution < -0.4 is 10.2 Å². The number of likely N-dealkylation sites (N-methyl/N-ethyl adjacent to an activating group) is 1. The Kier molecular flexibility index (Phi) is 4.08. The normalized spacial score (nSPS) is 17.4. The van der Waals surface area contributed by atoms with Gasteiger partial charge in [-0.2, -0.15) is 13.2 Å². The van der Waals surface area contributed by atoms with Crippen molar-refractivity contribution in [2.24, 2.45) is 0 Å². The topological polar surface area (TPSA) is 18.5 Å². The van der Waals surface area contributed by atoms with Gasteiger partial charge in [0.05, 0.1) is 11.3 Å². The van der Waals surface area contributed by atoms with Crippen LogP contribution in [0.4, 0.5) is 28.9 Å². The molecule has 2 rings (SSSR count). The second-order valence-electron chi connectivity index (χ2n) is 4.89. The number of hydrogen-bond acceptors (Lipinski definition) is 3. The Balaban J connectivity index is 2.42. The first-order chi connectivity index (χ1) is 9.32. The maximum absolute atomic E-state index is 14.2. The lowest BCUT2D eigenvalue weighted by molar-refractivity contribution is -0.139. The van der Waals surface area contributed by atoms with Crippen molar-refractivity contribution in [2.45, 2.75) is 6.18 Å². The molecule has 1 saturated heterocycles. The average Bonchev–Trinajstić information content (AvgIpc) is 2.39. The highest BCUT2D eigenvalue weighted by atomic mass is 19.4. The molecule has 1 N–H and O–H groups in total. The van der Waals surface area contributed by atoms with Crippen molar-refractivity contribution >= 4 is 11.4 Å². The molecular formula is C13H17F4N3. The first-order valence-corrected chi connectivity index (χ1v) is 6.35. The fourth-order valence-electron chi connectivity index (χ4n) is 2.24. The highest BCUT2D eigenvalue weighted by Gasteiger charge is 2.36. The zero-order valence-electron chi connectivity index (χ0n) is 11.4. The van der Waals surface area contributed by atoms with E-state index in [0.29, 0.717) is 26.2 Å². The Labute approximate surface area is 115 Å². The number of benzene rings is 1. The standard InChI is InChI=1S/C13H17F4N3/c1-18-9-7-10(13(15,16)17)12(14)11(8-9)20-5-3-19(2)4-6-20/h7-8,18H,3-6H2,1-2H3. The Hall–Kier alpha value is -1.50. The van der Waals surface area contributed by atoms with E-state index in [0.717, 1.165) is 6.07 Å². The Morgan fingerprint density at radius 1 is 1.10 bits per heavy atom. The number of halogens is 4. The average molecular weight is 291 g/mol. The van der Waals surface area contributed by atoms with Gasteiger partial charge in [0.1, 0.15) is 0 Å². The van der Waals surface area contributed by atoms with E-state index in [1.54, 1.807) is 4.90 Å². The van der Waals surface area contributed by atoms with Crippen LogP contribution in [0.15, 0.2) is 12.1 Å². The summed E-state index contributed by atoms with van der Waals surface area (Å²) in [4.78, 5) is 3.71.